The molecule has 0 radical (unpaired) electrons. The molecule has 1 aromatic heterocycles. The molecule has 0 aliphatic carbocycles. The van der Waals surface area contributed by atoms with Crippen LogP contribution >= 0.6 is 0 Å². The summed E-state index contributed by atoms with van der Waals surface area (Å²) in [6.45, 7) is 0.138. The topological polar surface area (TPSA) is 45.2 Å². The maximum Gasteiger partial charge on any atom is 0.141 e. The first kappa shape index (κ1) is 9.55. The second-order valence-corrected chi connectivity index (χ2v) is 3.61. The largest absolute Gasteiger partial charge is 0.395 e. The summed E-state index contributed by atoms with van der Waals surface area (Å²) in [7, 11) is 0. The van der Waals surface area contributed by atoms with Crippen molar-refractivity contribution in [2.24, 2.45) is 0 Å². The number of hydrogen-bond donors (Lipinski definition) is 2. The molecule has 1 fully saturated rings. The van der Waals surface area contributed by atoms with E-state index in [0.29, 0.717) is 0 Å². The lowest BCUT2D eigenvalue weighted by Crippen LogP contribution is -2.27. The fourth-order valence-corrected chi connectivity index (χ4v) is 1.84. The van der Waals surface area contributed by atoms with Gasteiger partial charge in [-0.3, -0.25) is 4.98 Å². The van der Waals surface area contributed by atoms with E-state index in [-0.39, 0.29) is 24.5 Å². The second-order valence-electron chi connectivity index (χ2n) is 3.61. The van der Waals surface area contributed by atoms with Gasteiger partial charge in [0.05, 0.1) is 12.8 Å². The van der Waals surface area contributed by atoms with Crippen LogP contribution in [0.15, 0.2) is 18.5 Å². The number of nitrogens with zero attached hydrogens (tertiary/aromatic N) is 1. The predicted octanol–water partition coefficient (Wildman–Crippen LogP) is 1.01. The highest BCUT2D eigenvalue weighted by atomic mass is 19.1. The van der Waals surface area contributed by atoms with E-state index >= 15 is 0 Å². The molecular weight excluding hydrogens is 183 g/mol. The summed E-state index contributed by atoms with van der Waals surface area (Å²) in [5, 5.41) is 12.2. The highest BCUT2D eigenvalue weighted by molar-refractivity contribution is 5.16. The zero-order valence-electron chi connectivity index (χ0n) is 7.78. The Morgan fingerprint density at radius 3 is 3.00 bits per heavy atom. The summed E-state index contributed by atoms with van der Waals surface area (Å²) in [5.74, 6) is -0.309. The van der Waals surface area contributed by atoms with Crippen molar-refractivity contribution in [1.82, 2.24) is 10.3 Å². The molecule has 0 aromatic carbocycles. The zero-order chi connectivity index (χ0) is 9.97. The molecule has 2 N–H and O–H groups in total. The average Bonchev–Trinajstić information content (AvgIpc) is 2.66. The van der Waals surface area contributed by atoms with E-state index in [0.717, 1.165) is 18.4 Å². The number of aliphatic hydroxyl groups is 1. The van der Waals surface area contributed by atoms with Crippen LogP contribution in [-0.2, 0) is 0 Å². The Bertz CT molecular complexity index is 319. The molecule has 0 spiro atoms. The van der Waals surface area contributed by atoms with Gasteiger partial charge in [-0.05, 0) is 24.5 Å². The van der Waals surface area contributed by atoms with E-state index in [1.165, 1.54) is 12.3 Å². The van der Waals surface area contributed by atoms with Crippen LogP contribution in [0.5, 0.6) is 0 Å². The van der Waals surface area contributed by atoms with Crippen LogP contribution in [0.3, 0.4) is 0 Å². The average molecular weight is 196 g/mol. The first-order chi connectivity index (χ1) is 6.79. The van der Waals surface area contributed by atoms with Gasteiger partial charge in [-0.2, -0.15) is 0 Å². The Kier molecular flexibility index (Phi) is 2.74. The van der Waals surface area contributed by atoms with Gasteiger partial charge in [0, 0.05) is 18.3 Å². The molecule has 2 rings (SSSR count). The van der Waals surface area contributed by atoms with Crippen molar-refractivity contribution in [1.29, 1.82) is 0 Å². The standard InChI is InChI=1S/C10H13FN2O/c11-8-3-7(4-12-5-8)10-2-1-9(6-14)13-10/h3-5,9-10,13-14H,1-2,6H2. The Balaban J connectivity index is 2.09. The fraction of sp³-hybridized carbons (Fsp3) is 0.500. The van der Waals surface area contributed by atoms with Crippen LogP contribution in [0, 0.1) is 5.82 Å². The number of pyridine rings is 1. The number of halogens is 1. The molecule has 4 heteroatoms. The van der Waals surface area contributed by atoms with Gasteiger partial charge in [0.15, 0.2) is 0 Å². The molecule has 2 unspecified atom stereocenters. The molecule has 3 nitrogen and oxygen atoms in total. The van der Waals surface area contributed by atoms with Crippen molar-refractivity contribution in [2.45, 2.75) is 24.9 Å². The molecule has 0 saturated carbocycles. The fourth-order valence-electron chi connectivity index (χ4n) is 1.84. The number of nitrogens with one attached hydrogen (secondary N) is 1. The Hall–Kier alpha value is -1.00. The monoisotopic (exact) mass is 196 g/mol. The molecule has 1 aliphatic heterocycles. The highest BCUT2D eigenvalue weighted by Gasteiger charge is 2.24. The van der Waals surface area contributed by atoms with Gasteiger partial charge in [-0.15, -0.1) is 0 Å². The molecule has 1 saturated heterocycles. The van der Waals surface area contributed by atoms with E-state index in [9.17, 15) is 4.39 Å². The van der Waals surface area contributed by atoms with Crippen molar-refractivity contribution in [3.05, 3.63) is 29.8 Å². The van der Waals surface area contributed by atoms with E-state index in [4.69, 9.17) is 5.11 Å². The first-order valence-electron chi connectivity index (χ1n) is 4.77. The van der Waals surface area contributed by atoms with Crippen molar-refractivity contribution in [2.75, 3.05) is 6.61 Å². The number of aromatic nitrogens is 1. The van der Waals surface area contributed by atoms with Gasteiger partial charge < -0.3 is 10.4 Å². The van der Waals surface area contributed by atoms with Gasteiger partial charge in [0.25, 0.3) is 0 Å². The van der Waals surface area contributed by atoms with Gasteiger partial charge in [-0.1, -0.05) is 0 Å². The minimum Gasteiger partial charge on any atom is -0.395 e. The van der Waals surface area contributed by atoms with Gasteiger partial charge in [0.1, 0.15) is 5.82 Å². The van der Waals surface area contributed by atoms with E-state index in [1.54, 1.807) is 6.20 Å². The number of aliphatic hydroxyl groups excluding tert-OH is 1. The van der Waals surface area contributed by atoms with Crippen molar-refractivity contribution in [3.8, 4) is 0 Å². The van der Waals surface area contributed by atoms with E-state index in [2.05, 4.69) is 10.3 Å². The number of rotatable bonds is 2. The quantitative estimate of drug-likeness (QED) is 0.742. The maximum atomic E-state index is 12.9. The number of hydrogen-bond acceptors (Lipinski definition) is 3. The zero-order valence-corrected chi connectivity index (χ0v) is 7.78. The van der Waals surface area contributed by atoms with Gasteiger partial charge in [-0.25, -0.2) is 4.39 Å². The molecule has 2 heterocycles. The van der Waals surface area contributed by atoms with E-state index in [1.807, 2.05) is 0 Å². The van der Waals surface area contributed by atoms with Crippen LogP contribution in [0.4, 0.5) is 4.39 Å². The third kappa shape index (κ3) is 1.91. The smallest absolute Gasteiger partial charge is 0.141 e. The molecule has 0 bridgehead atoms. The van der Waals surface area contributed by atoms with Crippen LogP contribution in [0.2, 0.25) is 0 Å². The van der Waals surface area contributed by atoms with Crippen molar-refractivity contribution < 1.29 is 9.50 Å². The predicted molar refractivity (Wildman–Crippen MR) is 50.2 cm³/mol. The summed E-state index contributed by atoms with van der Waals surface area (Å²) in [5.41, 5.74) is 0.862. The highest BCUT2D eigenvalue weighted by Crippen LogP contribution is 2.25. The lowest BCUT2D eigenvalue weighted by atomic mass is 10.1. The summed E-state index contributed by atoms with van der Waals surface area (Å²) in [6, 6.07) is 1.77. The summed E-state index contributed by atoms with van der Waals surface area (Å²) >= 11 is 0. The van der Waals surface area contributed by atoms with Crippen LogP contribution in [0.1, 0.15) is 24.4 Å². The summed E-state index contributed by atoms with van der Waals surface area (Å²) in [4.78, 5) is 3.80. The molecule has 14 heavy (non-hydrogen) atoms. The SMILES string of the molecule is OCC1CCC(c2cncc(F)c2)N1. The van der Waals surface area contributed by atoms with Crippen LogP contribution in [0.25, 0.3) is 0 Å². The summed E-state index contributed by atoms with van der Waals surface area (Å²) in [6.07, 6.45) is 4.72. The molecule has 0 amide bonds. The van der Waals surface area contributed by atoms with Gasteiger partial charge in [0.2, 0.25) is 0 Å². The summed E-state index contributed by atoms with van der Waals surface area (Å²) < 4.78 is 12.9. The minimum absolute atomic E-state index is 0.135. The van der Waals surface area contributed by atoms with Crippen LogP contribution < -0.4 is 5.32 Å². The lowest BCUT2D eigenvalue weighted by Gasteiger charge is -2.12. The normalized spacial score (nSPS) is 26.7. The van der Waals surface area contributed by atoms with E-state index < -0.39 is 0 Å². The van der Waals surface area contributed by atoms with Crippen LogP contribution in [-0.4, -0.2) is 22.7 Å². The second kappa shape index (κ2) is 4.02. The lowest BCUT2D eigenvalue weighted by molar-refractivity contribution is 0.251. The molecule has 76 valence electrons. The Labute approximate surface area is 82.0 Å². The van der Waals surface area contributed by atoms with Crippen molar-refractivity contribution >= 4 is 0 Å². The molecule has 2 atom stereocenters. The molecule has 1 aromatic rings. The minimum atomic E-state index is -0.309. The maximum absolute atomic E-state index is 12.9. The van der Waals surface area contributed by atoms with Gasteiger partial charge >= 0.3 is 0 Å². The Morgan fingerprint density at radius 1 is 1.50 bits per heavy atom. The molecular formula is C10H13FN2O. The van der Waals surface area contributed by atoms with Crippen molar-refractivity contribution in [3.63, 3.8) is 0 Å². The Morgan fingerprint density at radius 2 is 2.36 bits per heavy atom. The third-order valence-electron chi connectivity index (χ3n) is 2.59. The molecule has 1 aliphatic rings. The first-order valence-corrected chi connectivity index (χ1v) is 4.77. The third-order valence-corrected chi connectivity index (χ3v) is 2.59.